The van der Waals surface area contributed by atoms with Crippen LogP contribution in [-0.4, -0.2) is 75.5 Å². The molecule has 0 aliphatic rings. The summed E-state index contributed by atoms with van der Waals surface area (Å²) in [5.74, 6) is -1.83. The third-order valence-corrected chi connectivity index (χ3v) is 9.05. The van der Waals surface area contributed by atoms with E-state index in [1.807, 2.05) is 0 Å². The first-order chi connectivity index (χ1) is 22.6. The number of carboxylic acids is 1. The van der Waals surface area contributed by atoms with Crippen molar-refractivity contribution in [3.05, 3.63) is 0 Å². The molecule has 0 aromatic rings. The van der Waals surface area contributed by atoms with Gasteiger partial charge in [-0.25, -0.2) is 0 Å². The van der Waals surface area contributed by atoms with Crippen LogP contribution in [0.5, 0.6) is 0 Å². The fourth-order valence-corrected chi connectivity index (χ4v) is 5.93. The topological polar surface area (TPSA) is 102 Å². The Kier molecular flexibility index (Phi) is 30.5. The van der Waals surface area contributed by atoms with Crippen LogP contribution < -0.4 is 5.11 Å². The molecule has 0 bridgehead atoms. The van der Waals surface area contributed by atoms with E-state index in [4.69, 9.17) is 14.2 Å². The average Bonchev–Trinajstić information content (AvgIpc) is 3.02. The van der Waals surface area contributed by atoms with Gasteiger partial charge in [-0.15, -0.1) is 0 Å². The highest BCUT2D eigenvalue weighted by molar-refractivity contribution is 5.70. The predicted molar refractivity (Wildman–Crippen MR) is 190 cm³/mol. The van der Waals surface area contributed by atoms with Crippen molar-refractivity contribution in [3.63, 3.8) is 0 Å². The number of unbranched alkanes of at least 4 members (excludes halogenated alkanes) is 22. The fourth-order valence-electron chi connectivity index (χ4n) is 5.93. The zero-order chi connectivity index (χ0) is 35.0. The van der Waals surface area contributed by atoms with Gasteiger partial charge in [0, 0.05) is 19.3 Å². The highest BCUT2D eigenvalue weighted by Crippen LogP contribution is 2.16. The standard InChI is InChI=1S/C39H75NO7/c1-6-8-9-10-11-12-13-14-15-16-17-18-19-20-21-22-23-24-25-26-27-28-29-30-38(42)47-35(34-46-37(41)7-2)33-45-32-31-36(39(43)44)40(3,4)5/h35-36H,6-34H2,1-5H3. The number of nitrogens with zero attached hydrogens (tertiary/aromatic N) is 1. The van der Waals surface area contributed by atoms with Crippen molar-refractivity contribution in [2.75, 3.05) is 41.0 Å². The van der Waals surface area contributed by atoms with Crippen LogP contribution in [0.25, 0.3) is 0 Å². The van der Waals surface area contributed by atoms with Crippen LogP contribution in [0.4, 0.5) is 0 Å². The van der Waals surface area contributed by atoms with E-state index < -0.39 is 18.1 Å². The summed E-state index contributed by atoms with van der Waals surface area (Å²) in [5, 5.41) is 11.4. The molecule has 47 heavy (non-hydrogen) atoms. The summed E-state index contributed by atoms with van der Waals surface area (Å²) in [4.78, 5) is 35.5. The average molecular weight is 670 g/mol. The lowest BCUT2D eigenvalue weighted by Crippen LogP contribution is -2.55. The molecule has 278 valence electrons. The summed E-state index contributed by atoms with van der Waals surface area (Å²) in [5.41, 5.74) is 0. The molecule has 8 nitrogen and oxygen atoms in total. The SMILES string of the molecule is CCCCCCCCCCCCCCCCCCCCCCCCCC(=O)OC(COCCC(C(=O)[O-])[N+](C)(C)C)COC(=O)CC. The van der Waals surface area contributed by atoms with Crippen molar-refractivity contribution in [1.29, 1.82) is 0 Å². The van der Waals surface area contributed by atoms with Gasteiger partial charge >= 0.3 is 11.9 Å². The maximum absolute atomic E-state index is 12.4. The van der Waals surface area contributed by atoms with E-state index in [2.05, 4.69) is 6.92 Å². The second-order valence-electron chi connectivity index (χ2n) is 14.5. The summed E-state index contributed by atoms with van der Waals surface area (Å²) in [6.45, 7) is 4.12. The molecule has 8 heteroatoms. The van der Waals surface area contributed by atoms with Crippen LogP contribution in [-0.2, 0) is 28.6 Å². The van der Waals surface area contributed by atoms with Gasteiger partial charge in [0.25, 0.3) is 0 Å². The van der Waals surface area contributed by atoms with Gasteiger partial charge in [0.1, 0.15) is 12.6 Å². The van der Waals surface area contributed by atoms with Crippen molar-refractivity contribution in [2.45, 2.75) is 193 Å². The number of esters is 2. The number of aliphatic carboxylic acids is 1. The van der Waals surface area contributed by atoms with Crippen LogP contribution in [0.15, 0.2) is 0 Å². The van der Waals surface area contributed by atoms with Gasteiger partial charge in [-0.05, 0) is 6.42 Å². The quantitative estimate of drug-likeness (QED) is 0.0379. The Bertz CT molecular complexity index is 752. The van der Waals surface area contributed by atoms with Crippen molar-refractivity contribution in [1.82, 2.24) is 0 Å². The predicted octanol–water partition coefficient (Wildman–Crippen LogP) is 8.47. The van der Waals surface area contributed by atoms with Crippen molar-refractivity contribution in [3.8, 4) is 0 Å². The van der Waals surface area contributed by atoms with E-state index in [0.717, 1.165) is 19.3 Å². The van der Waals surface area contributed by atoms with Crippen LogP contribution in [0.1, 0.15) is 181 Å². The van der Waals surface area contributed by atoms with Crippen LogP contribution >= 0.6 is 0 Å². The minimum absolute atomic E-state index is 0.0407. The molecule has 0 amide bonds. The first kappa shape index (κ1) is 45.3. The first-order valence-corrected chi connectivity index (χ1v) is 19.6. The molecule has 0 N–H and O–H groups in total. The van der Waals surface area contributed by atoms with Gasteiger partial charge < -0.3 is 28.6 Å². The molecule has 0 saturated heterocycles. The molecule has 0 heterocycles. The number of likely N-dealkylation sites (N-methyl/N-ethyl adjacent to an activating group) is 1. The number of quaternary nitrogens is 1. The van der Waals surface area contributed by atoms with Gasteiger partial charge in [-0.3, -0.25) is 9.59 Å². The summed E-state index contributed by atoms with van der Waals surface area (Å²) >= 11 is 0. The summed E-state index contributed by atoms with van der Waals surface area (Å²) in [6.07, 6.45) is 30.7. The zero-order valence-electron chi connectivity index (χ0n) is 31.5. The summed E-state index contributed by atoms with van der Waals surface area (Å²) < 4.78 is 16.6. The molecule has 0 rings (SSSR count). The van der Waals surface area contributed by atoms with Crippen LogP contribution in [0.2, 0.25) is 0 Å². The molecular weight excluding hydrogens is 594 g/mol. The molecule has 0 saturated carbocycles. The van der Waals surface area contributed by atoms with Gasteiger partial charge in [-0.1, -0.05) is 155 Å². The molecule has 0 fully saturated rings. The Labute approximate surface area is 289 Å². The second kappa shape index (κ2) is 31.6. The number of carboxylic acid groups (broad SMARTS) is 1. The molecular formula is C39H75NO7. The number of rotatable bonds is 35. The highest BCUT2D eigenvalue weighted by Gasteiger charge is 2.25. The molecule has 0 aliphatic heterocycles. The van der Waals surface area contributed by atoms with Gasteiger partial charge in [-0.2, -0.15) is 0 Å². The summed E-state index contributed by atoms with van der Waals surface area (Å²) in [7, 11) is 5.37. The highest BCUT2D eigenvalue weighted by atomic mass is 16.6. The number of hydrogen-bond acceptors (Lipinski definition) is 7. The van der Waals surface area contributed by atoms with E-state index in [1.54, 1.807) is 28.1 Å². The lowest BCUT2D eigenvalue weighted by molar-refractivity contribution is -0.889. The molecule has 0 spiro atoms. The Balaban J connectivity index is 3.77. The number of hydrogen-bond donors (Lipinski definition) is 0. The van der Waals surface area contributed by atoms with Gasteiger partial charge in [0.05, 0.1) is 40.3 Å². The molecule has 2 atom stereocenters. The maximum Gasteiger partial charge on any atom is 0.306 e. The Morgan fingerprint density at radius 3 is 1.34 bits per heavy atom. The van der Waals surface area contributed by atoms with E-state index >= 15 is 0 Å². The van der Waals surface area contributed by atoms with Crippen molar-refractivity contribution >= 4 is 17.9 Å². The van der Waals surface area contributed by atoms with Crippen molar-refractivity contribution in [2.24, 2.45) is 0 Å². The number of carbonyl (C=O) groups is 3. The normalized spacial score (nSPS) is 13.0. The van der Waals surface area contributed by atoms with Crippen LogP contribution in [0.3, 0.4) is 0 Å². The Hall–Kier alpha value is -1.67. The Morgan fingerprint density at radius 2 is 0.979 bits per heavy atom. The van der Waals surface area contributed by atoms with Gasteiger partial charge in [0.15, 0.2) is 6.10 Å². The largest absolute Gasteiger partial charge is 0.544 e. The molecule has 0 aromatic heterocycles. The van der Waals surface area contributed by atoms with Crippen molar-refractivity contribution < 1.29 is 38.2 Å². The van der Waals surface area contributed by atoms with E-state index in [-0.39, 0.29) is 49.1 Å². The smallest absolute Gasteiger partial charge is 0.306 e. The Morgan fingerprint density at radius 1 is 0.574 bits per heavy atom. The molecule has 0 aromatic carbocycles. The van der Waals surface area contributed by atoms with E-state index in [0.29, 0.717) is 6.42 Å². The minimum Gasteiger partial charge on any atom is -0.544 e. The summed E-state index contributed by atoms with van der Waals surface area (Å²) in [6, 6.07) is -0.715. The third-order valence-electron chi connectivity index (χ3n) is 9.05. The lowest BCUT2D eigenvalue weighted by Gasteiger charge is -2.34. The monoisotopic (exact) mass is 670 g/mol. The van der Waals surface area contributed by atoms with Gasteiger partial charge in [0.2, 0.25) is 0 Å². The molecule has 2 unspecified atom stereocenters. The first-order valence-electron chi connectivity index (χ1n) is 19.6. The lowest BCUT2D eigenvalue weighted by atomic mass is 10.0. The zero-order valence-corrected chi connectivity index (χ0v) is 31.5. The van der Waals surface area contributed by atoms with Crippen LogP contribution in [0, 0.1) is 0 Å². The molecule has 0 radical (unpaired) electrons. The van der Waals surface area contributed by atoms with E-state index in [9.17, 15) is 19.5 Å². The molecule has 0 aliphatic carbocycles. The number of carbonyl (C=O) groups excluding carboxylic acids is 3. The second-order valence-corrected chi connectivity index (χ2v) is 14.5. The number of ether oxygens (including phenoxy) is 3. The van der Waals surface area contributed by atoms with E-state index in [1.165, 1.54) is 128 Å². The fraction of sp³-hybridized carbons (Fsp3) is 0.923. The maximum atomic E-state index is 12.4. The third kappa shape index (κ3) is 30.1. The minimum atomic E-state index is -1.13.